The van der Waals surface area contributed by atoms with Gasteiger partial charge in [-0.25, -0.2) is 18.1 Å². The molecule has 0 saturated carbocycles. The third-order valence-corrected chi connectivity index (χ3v) is 3.88. The molecule has 0 spiro atoms. The van der Waals surface area contributed by atoms with Crippen molar-refractivity contribution in [2.24, 2.45) is 4.99 Å². The van der Waals surface area contributed by atoms with Gasteiger partial charge in [0.05, 0.1) is 12.8 Å². The van der Waals surface area contributed by atoms with Crippen LogP contribution < -0.4 is 20.1 Å². The van der Waals surface area contributed by atoms with Crippen LogP contribution in [-0.2, 0) is 16.6 Å². The fourth-order valence-corrected chi connectivity index (χ4v) is 2.48. The average Bonchev–Trinajstić information content (AvgIpc) is 2.54. The van der Waals surface area contributed by atoms with Crippen molar-refractivity contribution >= 4 is 16.0 Å². The van der Waals surface area contributed by atoms with E-state index in [2.05, 4.69) is 20.3 Å². The van der Waals surface area contributed by atoms with E-state index < -0.39 is 22.8 Å². The second-order valence-corrected chi connectivity index (χ2v) is 7.64. The number of guanidine groups is 1. The van der Waals surface area contributed by atoms with E-state index in [9.17, 15) is 21.6 Å². The molecule has 1 aromatic carbocycles. The van der Waals surface area contributed by atoms with Gasteiger partial charge in [-0.2, -0.15) is 13.2 Å². The fraction of sp³-hybridized carbons (Fsp3) is 0.562. The normalized spacial score (nSPS) is 12.7. The maximum Gasteiger partial charge on any atom is 0.422 e. The van der Waals surface area contributed by atoms with Crippen LogP contribution in [0.3, 0.4) is 0 Å². The molecule has 1 aromatic rings. The van der Waals surface area contributed by atoms with Gasteiger partial charge in [-0.3, -0.25) is 0 Å². The minimum atomic E-state index is -4.42. The summed E-state index contributed by atoms with van der Waals surface area (Å²) in [4.78, 5) is 4.31. The Kier molecular flexibility index (Phi) is 8.83. The lowest BCUT2D eigenvalue weighted by Gasteiger charge is -2.14. The van der Waals surface area contributed by atoms with Crippen LogP contribution in [0.15, 0.2) is 23.2 Å². The number of aryl methyl sites for hydroxylation is 1. The van der Waals surface area contributed by atoms with Crippen molar-refractivity contribution in [3.05, 3.63) is 29.3 Å². The number of nitrogens with zero attached hydrogens (tertiary/aromatic N) is 1. The second kappa shape index (κ2) is 10.4. The predicted octanol–water partition coefficient (Wildman–Crippen LogP) is 1.54. The summed E-state index contributed by atoms with van der Waals surface area (Å²) in [6.07, 6.45) is -3.36. The molecule has 0 heterocycles. The molecular formula is C16H25F3N4O3S. The van der Waals surface area contributed by atoms with Crippen LogP contribution in [0.4, 0.5) is 13.2 Å². The van der Waals surface area contributed by atoms with Crippen LogP contribution in [0.2, 0.25) is 0 Å². The standard InChI is InChI=1S/C16H25F3N4O3S/c1-4-20-15(21-7-8-23-27(3,24)25)22-10-13-6-5-12(2)9-14(13)26-11-16(17,18)19/h5-6,9,23H,4,7-8,10-11H2,1-3H3,(H2,20,21,22). The zero-order valence-electron chi connectivity index (χ0n) is 15.5. The molecule has 0 aliphatic carbocycles. The number of ether oxygens (including phenoxy) is 1. The summed E-state index contributed by atoms with van der Waals surface area (Å²) < 4.78 is 66.6. The highest BCUT2D eigenvalue weighted by molar-refractivity contribution is 7.88. The molecule has 0 radical (unpaired) electrons. The monoisotopic (exact) mass is 410 g/mol. The van der Waals surface area contributed by atoms with E-state index in [4.69, 9.17) is 4.74 Å². The predicted molar refractivity (Wildman–Crippen MR) is 98.4 cm³/mol. The van der Waals surface area contributed by atoms with Crippen molar-refractivity contribution < 1.29 is 26.3 Å². The van der Waals surface area contributed by atoms with Crippen molar-refractivity contribution in [3.63, 3.8) is 0 Å². The highest BCUT2D eigenvalue weighted by Gasteiger charge is 2.28. The third-order valence-electron chi connectivity index (χ3n) is 3.15. The topological polar surface area (TPSA) is 91.8 Å². The van der Waals surface area contributed by atoms with Gasteiger partial charge in [-0.05, 0) is 25.5 Å². The second-order valence-electron chi connectivity index (χ2n) is 5.80. The molecule has 0 amide bonds. The van der Waals surface area contributed by atoms with Crippen molar-refractivity contribution in [2.45, 2.75) is 26.6 Å². The number of alkyl halides is 3. The number of benzene rings is 1. The van der Waals surface area contributed by atoms with Gasteiger partial charge in [0.15, 0.2) is 12.6 Å². The Morgan fingerprint density at radius 3 is 2.52 bits per heavy atom. The molecule has 154 valence electrons. The molecule has 11 heteroatoms. The number of sulfonamides is 1. The number of hydrogen-bond acceptors (Lipinski definition) is 4. The van der Waals surface area contributed by atoms with Gasteiger partial charge in [0, 0.05) is 25.2 Å². The molecular weight excluding hydrogens is 385 g/mol. The summed E-state index contributed by atoms with van der Waals surface area (Å²) in [5.41, 5.74) is 1.29. The van der Waals surface area contributed by atoms with Crippen molar-refractivity contribution in [1.29, 1.82) is 0 Å². The SMILES string of the molecule is CCNC(=NCc1ccc(C)cc1OCC(F)(F)F)NCCNS(C)(=O)=O. The van der Waals surface area contributed by atoms with Crippen molar-refractivity contribution in [3.8, 4) is 5.75 Å². The third kappa shape index (κ3) is 10.7. The first-order chi connectivity index (χ1) is 12.5. The maximum atomic E-state index is 12.4. The molecule has 0 aromatic heterocycles. The van der Waals surface area contributed by atoms with Gasteiger partial charge < -0.3 is 15.4 Å². The number of aliphatic imine (C=N–C) groups is 1. The van der Waals surface area contributed by atoms with Crippen LogP contribution in [0.5, 0.6) is 5.75 Å². The van der Waals surface area contributed by atoms with Gasteiger partial charge in [-0.15, -0.1) is 0 Å². The van der Waals surface area contributed by atoms with Crippen molar-refractivity contribution in [2.75, 3.05) is 32.5 Å². The molecule has 3 N–H and O–H groups in total. The first-order valence-electron chi connectivity index (χ1n) is 8.26. The van der Waals surface area contributed by atoms with Crippen LogP contribution in [-0.4, -0.2) is 53.1 Å². The summed E-state index contributed by atoms with van der Waals surface area (Å²) in [5, 5.41) is 5.92. The minimum absolute atomic E-state index is 0.0995. The number of nitrogens with one attached hydrogen (secondary N) is 3. The summed E-state index contributed by atoms with van der Waals surface area (Å²) in [6.45, 7) is 3.38. The van der Waals surface area contributed by atoms with E-state index in [-0.39, 0.29) is 18.8 Å². The van der Waals surface area contributed by atoms with Crippen LogP contribution >= 0.6 is 0 Å². The summed E-state index contributed by atoms with van der Waals surface area (Å²) in [6, 6.07) is 4.97. The molecule has 0 fully saturated rings. The molecule has 0 bridgehead atoms. The van der Waals surface area contributed by atoms with Crippen LogP contribution in [0, 0.1) is 6.92 Å². The Hall–Kier alpha value is -2.01. The largest absolute Gasteiger partial charge is 0.484 e. The van der Waals surface area contributed by atoms with Gasteiger partial charge in [0.25, 0.3) is 0 Å². The molecule has 0 atom stereocenters. The Morgan fingerprint density at radius 1 is 1.22 bits per heavy atom. The highest BCUT2D eigenvalue weighted by atomic mass is 32.2. The van der Waals surface area contributed by atoms with E-state index in [1.807, 2.05) is 6.92 Å². The lowest BCUT2D eigenvalue weighted by Crippen LogP contribution is -2.41. The first-order valence-corrected chi connectivity index (χ1v) is 10.1. The minimum Gasteiger partial charge on any atom is -0.484 e. The molecule has 1 rings (SSSR count). The van der Waals surface area contributed by atoms with Gasteiger partial charge in [0.1, 0.15) is 5.75 Å². The van der Waals surface area contributed by atoms with Gasteiger partial charge >= 0.3 is 6.18 Å². The molecule has 27 heavy (non-hydrogen) atoms. The van der Waals surface area contributed by atoms with E-state index >= 15 is 0 Å². The smallest absolute Gasteiger partial charge is 0.422 e. The number of rotatable bonds is 9. The Morgan fingerprint density at radius 2 is 1.93 bits per heavy atom. The molecule has 0 aliphatic heterocycles. The molecule has 0 unspecified atom stereocenters. The Balaban J connectivity index is 2.77. The summed E-state index contributed by atoms with van der Waals surface area (Å²) >= 11 is 0. The maximum absolute atomic E-state index is 12.4. The zero-order chi connectivity index (χ0) is 20.5. The summed E-state index contributed by atoms with van der Waals surface area (Å²) in [5.74, 6) is 0.542. The van der Waals surface area contributed by atoms with E-state index in [0.717, 1.165) is 11.8 Å². The first kappa shape index (κ1) is 23.0. The van der Waals surface area contributed by atoms with E-state index in [1.54, 1.807) is 19.1 Å². The number of halogens is 3. The van der Waals surface area contributed by atoms with Crippen molar-refractivity contribution in [1.82, 2.24) is 15.4 Å². The van der Waals surface area contributed by atoms with Gasteiger partial charge in [0.2, 0.25) is 10.0 Å². The summed E-state index contributed by atoms with van der Waals surface area (Å²) in [7, 11) is -3.28. The van der Waals surface area contributed by atoms with E-state index in [1.165, 1.54) is 6.07 Å². The Bertz CT molecular complexity index is 737. The lowest BCUT2D eigenvalue weighted by molar-refractivity contribution is -0.153. The molecule has 0 saturated heterocycles. The van der Waals surface area contributed by atoms with Gasteiger partial charge in [-0.1, -0.05) is 12.1 Å². The quantitative estimate of drug-likeness (QED) is 0.326. The Labute approximate surface area is 157 Å². The molecule has 0 aliphatic rings. The fourth-order valence-electron chi connectivity index (χ4n) is 2.01. The van der Waals surface area contributed by atoms with Crippen LogP contribution in [0.1, 0.15) is 18.1 Å². The highest BCUT2D eigenvalue weighted by Crippen LogP contribution is 2.24. The number of hydrogen-bond donors (Lipinski definition) is 3. The lowest BCUT2D eigenvalue weighted by atomic mass is 10.1. The zero-order valence-corrected chi connectivity index (χ0v) is 16.3. The van der Waals surface area contributed by atoms with E-state index in [0.29, 0.717) is 24.6 Å². The molecule has 7 nitrogen and oxygen atoms in total. The average molecular weight is 410 g/mol. The van der Waals surface area contributed by atoms with Crippen LogP contribution in [0.25, 0.3) is 0 Å².